The van der Waals surface area contributed by atoms with Crippen LogP contribution in [0.15, 0.2) is 23.0 Å². The maximum Gasteiger partial charge on any atom is 0.252 e. The summed E-state index contributed by atoms with van der Waals surface area (Å²) in [4.78, 5) is 18.9. The van der Waals surface area contributed by atoms with Crippen LogP contribution < -0.4 is 5.56 Å². The second-order valence-electron chi connectivity index (χ2n) is 10.7. The van der Waals surface area contributed by atoms with Crippen molar-refractivity contribution in [2.75, 3.05) is 0 Å². The highest BCUT2D eigenvalue weighted by Crippen LogP contribution is 2.34. The van der Waals surface area contributed by atoms with Gasteiger partial charge in [-0.3, -0.25) is 9.69 Å². The fraction of sp³-hybridized carbons (Fsp3) is 0.630. The lowest BCUT2D eigenvalue weighted by atomic mass is 9.91. The lowest BCUT2D eigenvalue weighted by molar-refractivity contribution is 0.0801. The van der Waals surface area contributed by atoms with Crippen molar-refractivity contribution in [2.45, 2.75) is 111 Å². The first-order chi connectivity index (χ1) is 16.2. The third-order valence-electron chi connectivity index (χ3n) is 7.95. The Labute approximate surface area is 202 Å². The van der Waals surface area contributed by atoms with Crippen LogP contribution in [0.5, 0.6) is 0 Å². The molecule has 0 aliphatic heterocycles. The molecule has 7 heteroatoms. The number of hydrogen-bond acceptors (Lipinski definition) is 5. The van der Waals surface area contributed by atoms with E-state index in [1.165, 1.54) is 30.4 Å². The van der Waals surface area contributed by atoms with Crippen LogP contribution in [0, 0.1) is 13.8 Å². The van der Waals surface area contributed by atoms with Crippen LogP contribution in [0.1, 0.15) is 101 Å². The Morgan fingerprint density at radius 1 is 1.12 bits per heavy atom. The molecule has 34 heavy (non-hydrogen) atoms. The molecule has 1 aliphatic carbocycles. The van der Waals surface area contributed by atoms with Gasteiger partial charge in [0.15, 0.2) is 5.82 Å². The predicted octanol–water partition coefficient (Wildman–Crippen LogP) is 5.56. The van der Waals surface area contributed by atoms with E-state index in [4.69, 9.17) is 0 Å². The van der Waals surface area contributed by atoms with Crippen LogP contribution in [0.4, 0.5) is 0 Å². The van der Waals surface area contributed by atoms with Gasteiger partial charge in [-0.15, -0.1) is 5.10 Å². The molecule has 2 aromatic heterocycles. The Hall–Kier alpha value is -2.54. The summed E-state index contributed by atoms with van der Waals surface area (Å²) in [6.45, 7) is 13.5. The molecule has 3 aromatic rings. The summed E-state index contributed by atoms with van der Waals surface area (Å²) in [6, 6.07) is 6.81. The Morgan fingerprint density at radius 2 is 1.82 bits per heavy atom. The molecule has 0 radical (unpaired) electrons. The van der Waals surface area contributed by atoms with Gasteiger partial charge in [0, 0.05) is 23.7 Å². The lowest BCUT2D eigenvalue weighted by Gasteiger charge is -2.40. The highest BCUT2D eigenvalue weighted by Gasteiger charge is 2.34. The van der Waals surface area contributed by atoms with Gasteiger partial charge in [-0.2, -0.15) is 0 Å². The van der Waals surface area contributed by atoms with Crippen molar-refractivity contribution >= 4 is 10.9 Å². The summed E-state index contributed by atoms with van der Waals surface area (Å²) in [5, 5.41) is 14.1. The van der Waals surface area contributed by atoms with Crippen LogP contribution >= 0.6 is 0 Å². The molecular weight excluding hydrogens is 424 g/mol. The molecule has 0 saturated heterocycles. The average Bonchev–Trinajstić information content (AvgIpc) is 3.32. The van der Waals surface area contributed by atoms with Crippen molar-refractivity contribution in [3.63, 3.8) is 0 Å². The van der Waals surface area contributed by atoms with E-state index in [9.17, 15) is 4.79 Å². The van der Waals surface area contributed by atoms with Crippen LogP contribution in [-0.4, -0.2) is 36.1 Å². The van der Waals surface area contributed by atoms with E-state index in [-0.39, 0.29) is 17.1 Å². The Kier molecular flexibility index (Phi) is 7.22. The SMILES string of the molecule is CCC(c1nnnn1C(C)(C)CC)N(Cc1cc2cc(C)c(C)cc2[nH]c1=O)C1CCCCC1. The average molecular weight is 465 g/mol. The maximum absolute atomic E-state index is 13.2. The Morgan fingerprint density at radius 3 is 2.50 bits per heavy atom. The van der Waals surface area contributed by atoms with E-state index in [1.54, 1.807) is 0 Å². The first-order valence-corrected chi connectivity index (χ1v) is 12.9. The molecule has 1 aromatic carbocycles. The minimum Gasteiger partial charge on any atom is -0.322 e. The molecule has 0 bridgehead atoms. The van der Waals surface area contributed by atoms with E-state index < -0.39 is 0 Å². The number of nitrogens with zero attached hydrogens (tertiary/aromatic N) is 5. The molecule has 0 spiro atoms. The summed E-state index contributed by atoms with van der Waals surface area (Å²) in [5.74, 6) is 0.906. The summed E-state index contributed by atoms with van der Waals surface area (Å²) in [7, 11) is 0. The second kappa shape index (κ2) is 9.98. The van der Waals surface area contributed by atoms with E-state index >= 15 is 0 Å². The van der Waals surface area contributed by atoms with Gasteiger partial charge < -0.3 is 4.98 Å². The van der Waals surface area contributed by atoms with Gasteiger partial charge >= 0.3 is 0 Å². The number of H-pyrrole nitrogens is 1. The molecule has 1 atom stereocenters. The molecule has 1 N–H and O–H groups in total. The number of benzene rings is 1. The van der Waals surface area contributed by atoms with Crippen molar-refractivity contribution in [1.82, 2.24) is 30.1 Å². The van der Waals surface area contributed by atoms with Crippen LogP contribution in [0.2, 0.25) is 0 Å². The molecule has 184 valence electrons. The van der Waals surface area contributed by atoms with Crippen LogP contribution in [-0.2, 0) is 12.1 Å². The number of hydrogen-bond donors (Lipinski definition) is 1. The normalized spacial score (nSPS) is 16.4. The molecular formula is C27H40N6O. The highest BCUT2D eigenvalue weighted by molar-refractivity contribution is 5.80. The molecule has 7 nitrogen and oxygen atoms in total. The topological polar surface area (TPSA) is 79.7 Å². The van der Waals surface area contributed by atoms with E-state index in [0.29, 0.717) is 12.6 Å². The molecule has 2 heterocycles. The van der Waals surface area contributed by atoms with Crippen molar-refractivity contribution in [1.29, 1.82) is 0 Å². The van der Waals surface area contributed by atoms with Crippen molar-refractivity contribution in [2.24, 2.45) is 0 Å². The van der Waals surface area contributed by atoms with Gasteiger partial charge in [0.05, 0.1) is 11.6 Å². The number of pyridine rings is 1. The lowest BCUT2D eigenvalue weighted by Crippen LogP contribution is -2.42. The number of aryl methyl sites for hydroxylation is 2. The Balaban J connectivity index is 1.77. The third kappa shape index (κ3) is 4.81. The fourth-order valence-corrected chi connectivity index (χ4v) is 5.29. The molecule has 0 amide bonds. The zero-order valence-corrected chi connectivity index (χ0v) is 21.7. The first-order valence-electron chi connectivity index (χ1n) is 12.9. The quantitative estimate of drug-likeness (QED) is 0.472. The van der Waals surface area contributed by atoms with Gasteiger partial charge in [0.25, 0.3) is 5.56 Å². The first kappa shape index (κ1) is 24.6. The zero-order chi connectivity index (χ0) is 24.5. The number of tetrazole rings is 1. The summed E-state index contributed by atoms with van der Waals surface area (Å²) in [6.07, 6.45) is 7.88. The van der Waals surface area contributed by atoms with Crippen LogP contribution in [0.25, 0.3) is 10.9 Å². The summed E-state index contributed by atoms with van der Waals surface area (Å²) < 4.78 is 2.01. The number of rotatable bonds is 8. The van der Waals surface area contributed by atoms with Crippen LogP contribution in [0.3, 0.4) is 0 Å². The largest absolute Gasteiger partial charge is 0.322 e. The van der Waals surface area contributed by atoms with Gasteiger partial charge in [-0.1, -0.05) is 33.1 Å². The predicted molar refractivity (Wildman–Crippen MR) is 137 cm³/mol. The number of aromatic nitrogens is 5. The van der Waals surface area contributed by atoms with Gasteiger partial charge in [0.1, 0.15) is 0 Å². The monoisotopic (exact) mass is 464 g/mol. The summed E-state index contributed by atoms with van der Waals surface area (Å²) in [5.41, 5.74) is 3.98. The van der Waals surface area contributed by atoms with Crippen molar-refractivity contribution in [3.05, 3.63) is 51.1 Å². The highest BCUT2D eigenvalue weighted by atomic mass is 16.1. The second-order valence-corrected chi connectivity index (χ2v) is 10.7. The van der Waals surface area contributed by atoms with Gasteiger partial charge in [-0.25, -0.2) is 4.68 Å². The zero-order valence-electron chi connectivity index (χ0n) is 21.7. The summed E-state index contributed by atoms with van der Waals surface area (Å²) >= 11 is 0. The number of aromatic amines is 1. The van der Waals surface area contributed by atoms with Crippen molar-refractivity contribution < 1.29 is 0 Å². The minimum absolute atomic E-state index is 0.0000968. The standard InChI is InChI=1S/C27H40N6O/c1-7-24(25-29-30-31-33(25)27(5,6)8-2)32(22-12-10-9-11-13-22)17-21-16-20-14-18(3)19(4)15-23(20)28-26(21)34/h14-16,22,24H,7-13,17H2,1-6H3,(H,28,34). The maximum atomic E-state index is 13.2. The third-order valence-corrected chi connectivity index (χ3v) is 7.95. The minimum atomic E-state index is -0.166. The van der Waals surface area contributed by atoms with Gasteiger partial charge in [0.2, 0.25) is 0 Å². The molecule has 1 aliphatic rings. The number of fused-ring (bicyclic) bond motifs is 1. The van der Waals surface area contributed by atoms with Gasteiger partial charge in [-0.05, 0) is 98.5 Å². The fourth-order valence-electron chi connectivity index (χ4n) is 5.29. The number of nitrogens with one attached hydrogen (secondary N) is 1. The molecule has 1 unspecified atom stereocenters. The van der Waals surface area contributed by atoms with E-state index in [2.05, 4.69) is 85.2 Å². The van der Waals surface area contributed by atoms with E-state index in [0.717, 1.165) is 48.0 Å². The molecule has 1 fully saturated rings. The smallest absolute Gasteiger partial charge is 0.252 e. The molecule has 4 rings (SSSR count). The van der Waals surface area contributed by atoms with E-state index in [1.807, 2.05) is 4.68 Å². The molecule has 1 saturated carbocycles. The van der Waals surface area contributed by atoms with Crippen molar-refractivity contribution in [3.8, 4) is 0 Å². The Bertz CT molecular complexity index is 1190.